The van der Waals surface area contributed by atoms with Crippen molar-refractivity contribution in [2.75, 3.05) is 13.7 Å². The molecule has 0 atom stereocenters. The van der Waals surface area contributed by atoms with Gasteiger partial charge in [-0.05, 0) is 40.4 Å². The van der Waals surface area contributed by atoms with Crippen molar-refractivity contribution in [3.8, 4) is 11.4 Å². The third kappa shape index (κ3) is 3.93. The second-order valence-corrected chi connectivity index (χ2v) is 6.84. The van der Waals surface area contributed by atoms with Crippen LogP contribution in [0.3, 0.4) is 0 Å². The third-order valence-corrected chi connectivity index (χ3v) is 4.95. The number of rotatable bonds is 7. The molecule has 0 saturated carbocycles. The van der Waals surface area contributed by atoms with Gasteiger partial charge in [0.25, 0.3) is 5.91 Å². The van der Waals surface area contributed by atoms with Gasteiger partial charge in [0.1, 0.15) is 12.1 Å². The lowest BCUT2D eigenvalue weighted by Gasteiger charge is -2.13. The number of amides is 1. The highest BCUT2D eigenvalue weighted by molar-refractivity contribution is 6.33. The van der Waals surface area contributed by atoms with Gasteiger partial charge in [-0.3, -0.25) is 4.79 Å². The Bertz CT molecular complexity index is 1140. The topological polar surface area (TPSA) is 86.9 Å². The van der Waals surface area contributed by atoms with E-state index in [4.69, 9.17) is 16.3 Å². The summed E-state index contributed by atoms with van der Waals surface area (Å²) in [5.74, 6) is 0.151. The third-order valence-electron chi connectivity index (χ3n) is 4.65. The van der Waals surface area contributed by atoms with Crippen LogP contribution in [0.15, 0.2) is 55.0 Å². The first-order valence-corrected chi connectivity index (χ1v) is 9.48. The lowest BCUT2D eigenvalue weighted by Crippen LogP contribution is -2.25. The van der Waals surface area contributed by atoms with Gasteiger partial charge in [-0.1, -0.05) is 29.8 Å². The van der Waals surface area contributed by atoms with E-state index in [1.807, 2.05) is 12.1 Å². The molecule has 0 aliphatic rings. The van der Waals surface area contributed by atoms with Gasteiger partial charge in [0, 0.05) is 30.9 Å². The number of ether oxygens (including phenoxy) is 1. The molecule has 0 aliphatic carbocycles. The number of nitrogens with one attached hydrogen (secondary N) is 1. The van der Waals surface area contributed by atoms with Crippen LogP contribution in [-0.4, -0.2) is 44.3 Å². The standard InChI is InChI=1S/C20H19ClN6O2/c1-29-19-12-18(27-13-23-24-25-27)16(21)11-15(19)20(28)22-8-4-9-26-10-7-14-5-2-3-6-17(14)26/h2-3,5-7,10-13H,4,8-9H2,1H3,(H,22,28). The van der Waals surface area contributed by atoms with Gasteiger partial charge in [-0.2, -0.15) is 4.68 Å². The van der Waals surface area contributed by atoms with E-state index in [-0.39, 0.29) is 5.91 Å². The average molecular weight is 411 g/mol. The minimum atomic E-state index is -0.246. The van der Waals surface area contributed by atoms with Gasteiger partial charge < -0.3 is 14.6 Å². The Morgan fingerprint density at radius 2 is 2.10 bits per heavy atom. The minimum absolute atomic E-state index is 0.246. The highest BCUT2D eigenvalue weighted by Crippen LogP contribution is 2.29. The van der Waals surface area contributed by atoms with Crippen molar-refractivity contribution in [2.45, 2.75) is 13.0 Å². The van der Waals surface area contributed by atoms with Crippen molar-refractivity contribution < 1.29 is 9.53 Å². The Morgan fingerprint density at radius 1 is 1.24 bits per heavy atom. The summed E-state index contributed by atoms with van der Waals surface area (Å²) in [5, 5.41) is 15.5. The van der Waals surface area contributed by atoms with E-state index >= 15 is 0 Å². The molecule has 1 amide bonds. The molecular formula is C20H19ClN6O2. The van der Waals surface area contributed by atoms with Crippen LogP contribution in [-0.2, 0) is 6.54 Å². The summed E-state index contributed by atoms with van der Waals surface area (Å²) in [7, 11) is 1.50. The summed E-state index contributed by atoms with van der Waals surface area (Å²) >= 11 is 6.32. The van der Waals surface area contributed by atoms with Gasteiger partial charge in [0.2, 0.25) is 0 Å². The van der Waals surface area contributed by atoms with Crippen molar-refractivity contribution >= 4 is 28.4 Å². The van der Waals surface area contributed by atoms with Crippen molar-refractivity contribution in [3.05, 3.63) is 65.6 Å². The maximum atomic E-state index is 12.6. The molecule has 0 bridgehead atoms. The number of carbonyl (C=O) groups is 1. The quantitative estimate of drug-likeness (QED) is 0.473. The summed E-state index contributed by atoms with van der Waals surface area (Å²) < 4.78 is 8.96. The second kappa shape index (κ2) is 8.32. The second-order valence-electron chi connectivity index (χ2n) is 6.44. The number of para-hydroxylation sites is 1. The van der Waals surface area contributed by atoms with E-state index in [0.29, 0.717) is 28.6 Å². The van der Waals surface area contributed by atoms with Crippen LogP contribution >= 0.6 is 11.6 Å². The number of aromatic nitrogens is 5. The summed E-state index contributed by atoms with van der Waals surface area (Å²) in [6, 6.07) is 13.5. The lowest BCUT2D eigenvalue weighted by atomic mass is 10.1. The van der Waals surface area contributed by atoms with E-state index in [0.717, 1.165) is 13.0 Å². The van der Waals surface area contributed by atoms with E-state index < -0.39 is 0 Å². The Kier molecular flexibility index (Phi) is 5.44. The smallest absolute Gasteiger partial charge is 0.255 e. The SMILES string of the molecule is COc1cc(-n2cnnn2)c(Cl)cc1C(=O)NCCCn1ccc2ccccc21. The van der Waals surface area contributed by atoms with Gasteiger partial charge in [0.15, 0.2) is 0 Å². The molecule has 2 aromatic carbocycles. The number of tetrazole rings is 1. The number of carbonyl (C=O) groups excluding carboxylic acids is 1. The summed E-state index contributed by atoms with van der Waals surface area (Å²) in [6.07, 6.45) is 4.28. The Balaban J connectivity index is 1.41. The number of benzene rings is 2. The van der Waals surface area contributed by atoms with Crippen LogP contribution in [0, 0.1) is 0 Å². The van der Waals surface area contributed by atoms with Crippen LogP contribution in [0.25, 0.3) is 16.6 Å². The molecule has 0 spiro atoms. The molecule has 0 saturated heterocycles. The van der Waals surface area contributed by atoms with E-state index in [9.17, 15) is 4.79 Å². The van der Waals surface area contributed by atoms with E-state index in [2.05, 4.69) is 49.8 Å². The predicted molar refractivity (Wildman–Crippen MR) is 110 cm³/mol. The fourth-order valence-electron chi connectivity index (χ4n) is 3.22. The van der Waals surface area contributed by atoms with Crippen molar-refractivity contribution in [2.24, 2.45) is 0 Å². The molecular weight excluding hydrogens is 392 g/mol. The molecule has 0 unspecified atom stereocenters. The minimum Gasteiger partial charge on any atom is -0.496 e. The van der Waals surface area contributed by atoms with Crippen molar-refractivity contribution in [3.63, 3.8) is 0 Å². The highest BCUT2D eigenvalue weighted by Gasteiger charge is 2.17. The molecule has 2 aromatic heterocycles. The Hall–Kier alpha value is -3.39. The normalized spacial score (nSPS) is 11.0. The van der Waals surface area contributed by atoms with Gasteiger partial charge in [-0.15, -0.1) is 5.10 Å². The zero-order valence-electron chi connectivity index (χ0n) is 15.7. The first kappa shape index (κ1) is 18.9. The van der Waals surface area contributed by atoms with Crippen LogP contribution in [0.1, 0.15) is 16.8 Å². The average Bonchev–Trinajstić information content (AvgIpc) is 3.41. The number of halogens is 1. The first-order chi connectivity index (χ1) is 14.2. The molecule has 148 valence electrons. The molecule has 9 heteroatoms. The lowest BCUT2D eigenvalue weighted by molar-refractivity contribution is 0.0949. The van der Waals surface area contributed by atoms with Gasteiger partial charge in [0.05, 0.1) is 23.4 Å². The largest absolute Gasteiger partial charge is 0.496 e. The Morgan fingerprint density at radius 3 is 2.90 bits per heavy atom. The number of hydrogen-bond donors (Lipinski definition) is 1. The zero-order valence-corrected chi connectivity index (χ0v) is 16.5. The monoisotopic (exact) mass is 410 g/mol. The Labute approximate surface area is 172 Å². The summed E-state index contributed by atoms with van der Waals surface area (Å²) in [6.45, 7) is 1.34. The summed E-state index contributed by atoms with van der Waals surface area (Å²) in [5.41, 5.74) is 2.08. The van der Waals surface area contributed by atoms with Crippen molar-refractivity contribution in [1.29, 1.82) is 0 Å². The van der Waals surface area contributed by atoms with Crippen LogP contribution in [0.4, 0.5) is 0 Å². The molecule has 8 nitrogen and oxygen atoms in total. The molecule has 4 rings (SSSR count). The fraction of sp³-hybridized carbons (Fsp3) is 0.200. The first-order valence-electron chi connectivity index (χ1n) is 9.10. The fourth-order valence-corrected chi connectivity index (χ4v) is 3.47. The van der Waals surface area contributed by atoms with E-state index in [1.54, 1.807) is 12.1 Å². The molecule has 0 fully saturated rings. The van der Waals surface area contributed by atoms with Crippen molar-refractivity contribution in [1.82, 2.24) is 30.1 Å². The maximum absolute atomic E-state index is 12.6. The molecule has 4 aromatic rings. The number of fused-ring (bicyclic) bond motifs is 1. The number of aryl methyl sites for hydroxylation is 1. The molecule has 0 aliphatic heterocycles. The number of hydrogen-bond acceptors (Lipinski definition) is 5. The molecule has 0 radical (unpaired) electrons. The molecule has 1 N–H and O–H groups in total. The number of methoxy groups -OCH3 is 1. The summed E-state index contributed by atoms with van der Waals surface area (Å²) in [4.78, 5) is 12.6. The van der Waals surface area contributed by atoms with E-state index in [1.165, 1.54) is 29.0 Å². The van der Waals surface area contributed by atoms with Gasteiger partial charge in [-0.25, -0.2) is 0 Å². The van der Waals surface area contributed by atoms with Crippen LogP contribution in [0.2, 0.25) is 5.02 Å². The number of nitrogens with zero attached hydrogens (tertiary/aromatic N) is 5. The maximum Gasteiger partial charge on any atom is 0.255 e. The zero-order chi connectivity index (χ0) is 20.2. The van der Waals surface area contributed by atoms with Crippen LogP contribution in [0.5, 0.6) is 5.75 Å². The molecule has 2 heterocycles. The van der Waals surface area contributed by atoms with Crippen LogP contribution < -0.4 is 10.1 Å². The van der Waals surface area contributed by atoms with Gasteiger partial charge >= 0.3 is 0 Å². The molecule has 29 heavy (non-hydrogen) atoms. The predicted octanol–water partition coefficient (Wildman–Crippen LogP) is 3.10. The highest BCUT2D eigenvalue weighted by atomic mass is 35.5.